The number of nitrogens with one attached hydrogen (secondary N) is 1. The summed E-state index contributed by atoms with van der Waals surface area (Å²) in [7, 11) is 0. The van der Waals surface area contributed by atoms with Crippen molar-refractivity contribution in [3.8, 4) is 11.1 Å². The molecule has 0 bridgehead atoms. The van der Waals surface area contributed by atoms with Crippen LogP contribution in [0.2, 0.25) is 5.02 Å². The van der Waals surface area contributed by atoms with Gasteiger partial charge in [0, 0.05) is 23.2 Å². The monoisotopic (exact) mass is 442 g/mol. The maximum Gasteiger partial charge on any atom is 0.310 e. The van der Waals surface area contributed by atoms with Gasteiger partial charge in [0.05, 0.1) is 19.1 Å². The minimum Gasteiger partial charge on any atom is -0.466 e. The van der Waals surface area contributed by atoms with Gasteiger partial charge in [0.15, 0.2) is 0 Å². The third-order valence-electron chi connectivity index (χ3n) is 4.59. The topological polar surface area (TPSA) is 64.3 Å². The molecule has 0 saturated carbocycles. The van der Waals surface area contributed by atoms with Crippen LogP contribution in [0, 0.1) is 11.7 Å². The van der Waals surface area contributed by atoms with Crippen molar-refractivity contribution in [3.63, 3.8) is 0 Å². The first-order valence-electron chi connectivity index (χ1n) is 9.75. The highest BCUT2D eigenvalue weighted by Gasteiger charge is 2.23. The average molecular weight is 443 g/mol. The average Bonchev–Trinajstić information content (AvgIpc) is 2.69. The van der Waals surface area contributed by atoms with E-state index in [2.05, 4.69) is 5.32 Å². The smallest absolute Gasteiger partial charge is 0.310 e. The van der Waals surface area contributed by atoms with Crippen LogP contribution in [0.4, 0.5) is 13.2 Å². The van der Waals surface area contributed by atoms with Gasteiger partial charge in [-0.25, -0.2) is 13.2 Å². The number of carbonyl (C=O) groups is 1. The number of rotatable bonds is 11. The van der Waals surface area contributed by atoms with Crippen molar-refractivity contribution < 1.29 is 22.7 Å². The van der Waals surface area contributed by atoms with E-state index in [-0.39, 0.29) is 25.0 Å². The molecule has 0 spiro atoms. The van der Waals surface area contributed by atoms with E-state index in [0.29, 0.717) is 29.0 Å². The molecule has 0 fully saturated rings. The summed E-state index contributed by atoms with van der Waals surface area (Å²) < 4.78 is 43.8. The second-order valence-corrected chi connectivity index (χ2v) is 7.46. The van der Waals surface area contributed by atoms with Crippen LogP contribution in [0.15, 0.2) is 42.5 Å². The van der Waals surface area contributed by atoms with Crippen molar-refractivity contribution in [3.05, 3.63) is 58.9 Å². The number of esters is 1. The Kier molecular flexibility index (Phi) is 9.62. The Balaban J connectivity index is 1.99. The molecule has 4 nitrogen and oxygen atoms in total. The van der Waals surface area contributed by atoms with E-state index in [9.17, 15) is 18.0 Å². The molecule has 2 aromatic carbocycles. The lowest BCUT2D eigenvalue weighted by Crippen LogP contribution is -2.37. The Labute approximate surface area is 179 Å². The van der Waals surface area contributed by atoms with Crippen LogP contribution < -0.4 is 11.1 Å². The van der Waals surface area contributed by atoms with E-state index in [1.165, 1.54) is 12.1 Å². The fourth-order valence-electron chi connectivity index (χ4n) is 3.18. The van der Waals surface area contributed by atoms with Gasteiger partial charge in [-0.05, 0) is 49.1 Å². The molecule has 0 aliphatic rings. The molecule has 0 aromatic heterocycles. The Hall–Kier alpha value is -2.09. The van der Waals surface area contributed by atoms with E-state index >= 15 is 0 Å². The lowest BCUT2D eigenvalue weighted by atomic mass is 9.94. The molecular formula is C22H26ClF3N2O2. The van der Waals surface area contributed by atoms with Crippen molar-refractivity contribution in [2.75, 3.05) is 19.7 Å². The summed E-state index contributed by atoms with van der Waals surface area (Å²) in [6, 6.07) is 11.2. The van der Waals surface area contributed by atoms with Crippen LogP contribution in [-0.4, -0.2) is 38.1 Å². The van der Waals surface area contributed by atoms with Crippen molar-refractivity contribution in [1.82, 2.24) is 5.32 Å². The van der Waals surface area contributed by atoms with Gasteiger partial charge in [-0.1, -0.05) is 35.9 Å². The van der Waals surface area contributed by atoms with Crippen LogP contribution in [0.3, 0.4) is 0 Å². The van der Waals surface area contributed by atoms with Crippen molar-refractivity contribution in [2.24, 2.45) is 11.7 Å². The molecule has 0 radical (unpaired) electrons. The Morgan fingerprint density at radius 1 is 1.17 bits per heavy atom. The zero-order valence-corrected chi connectivity index (χ0v) is 17.5. The maximum atomic E-state index is 14.0. The van der Waals surface area contributed by atoms with Crippen molar-refractivity contribution in [2.45, 2.75) is 32.2 Å². The predicted molar refractivity (Wildman–Crippen MR) is 112 cm³/mol. The maximum absolute atomic E-state index is 14.0. The summed E-state index contributed by atoms with van der Waals surface area (Å²) in [5.74, 6) is -1.43. The highest BCUT2D eigenvalue weighted by molar-refractivity contribution is 6.30. The molecule has 2 atom stereocenters. The van der Waals surface area contributed by atoms with Gasteiger partial charge in [-0.15, -0.1) is 0 Å². The van der Waals surface area contributed by atoms with E-state index < -0.39 is 24.9 Å². The molecule has 8 heteroatoms. The van der Waals surface area contributed by atoms with Crippen LogP contribution in [0.5, 0.6) is 0 Å². The highest BCUT2D eigenvalue weighted by Crippen LogP contribution is 2.26. The number of carbonyl (C=O) groups excluding carboxylic acids is 1. The lowest BCUT2D eigenvalue weighted by molar-refractivity contribution is -0.148. The quantitative estimate of drug-likeness (QED) is 0.505. The summed E-state index contributed by atoms with van der Waals surface area (Å²) in [6.45, 7) is 1.48. The third kappa shape index (κ3) is 7.63. The van der Waals surface area contributed by atoms with Crippen molar-refractivity contribution in [1.29, 1.82) is 0 Å². The molecule has 164 valence electrons. The van der Waals surface area contributed by atoms with Gasteiger partial charge in [0.1, 0.15) is 5.82 Å². The number of nitrogens with two attached hydrogens (primary N) is 1. The number of halogens is 4. The fourth-order valence-corrected chi connectivity index (χ4v) is 3.35. The van der Waals surface area contributed by atoms with Gasteiger partial charge in [0.25, 0.3) is 6.43 Å². The van der Waals surface area contributed by atoms with Crippen molar-refractivity contribution >= 4 is 17.6 Å². The largest absolute Gasteiger partial charge is 0.466 e. The molecule has 2 rings (SSSR count). The van der Waals surface area contributed by atoms with Crippen LogP contribution in [0.1, 0.15) is 18.9 Å². The van der Waals surface area contributed by atoms with Gasteiger partial charge < -0.3 is 15.8 Å². The summed E-state index contributed by atoms with van der Waals surface area (Å²) >= 11 is 5.95. The summed E-state index contributed by atoms with van der Waals surface area (Å²) in [4.78, 5) is 12.1. The molecule has 3 N–H and O–H groups in total. The number of alkyl halides is 2. The normalized spacial score (nSPS) is 13.3. The Morgan fingerprint density at radius 2 is 1.87 bits per heavy atom. The molecule has 0 unspecified atom stereocenters. The summed E-state index contributed by atoms with van der Waals surface area (Å²) in [5, 5.41) is 3.02. The van der Waals surface area contributed by atoms with Gasteiger partial charge in [0.2, 0.25) is 0 Å². The van der Waals surface area contributed by atoms with E-state index in [1.54, 1.807) is 25.1 Å². The summed E-state index contributed by atoms with van der Waals surface area (Å²) in [5.41, 5.74) is 8.21. The minimum atomic E-state index is -2.50. The second-order valence-electron chi connectivity index (χ2n) is 7.02. The van der Waals surface area contributed by atoms with E-state index in [4.69, 9.17) is 22.1 Å². The highest BCUT2D eigenvalue weighted by atomic mass is 35.5. The van der Waals surface area contributed by atoms with Gasteiger partial charge in [-0.2, -0.15) is 0 Å². The molecule has 30 heavy (non-hydrogen) atoms. The third-order valence-corrected chi connectivity index (χ3v) is 4.82. The number of hydrogen-bond donors (Lipinski definition) is 2. The van der Waals surface area contributed by atoms with E-state index in [1.807, 2.05) is 12.1 Å². The molecule has 0 saturated heterocycles. The zero-order valence-electron chi connectivity index (χ0n) is 16.7. The first kappa shape index (κ1) is 24.2. The van der Waals surface area contributed by atoms with Crippen LogP contribution in [0.25, 0.3) is 11.1 Å². The SMILES string of the molecule is CCOC(=O)[C@H](CNCC(F)F)C[C@H](N)Cc1ccc(-c2cc(Cl)ccc2F)cc1. The molecule has 0 amide bonds. The molecule has 0 aliphatic heterocycles. The summed E-state index contributed by atoms with van der Waals surface area (Å²) in [6.07, 6.45) is -1.73. The predicted octanol–water partition coefficient (Wildman–Crippen LogP) is 4.44. The molecule has 2 aromatic rings. The lowest BCUT2D eigenvalue weighted by Gasteiger charge is -2.20. The van der Waals surface area contributed by atoms with Crippen LogP contribution >= 0.6 is 11.6 Å². The Bertz CT molecular complexity index is 819. The van der Waals surface area contributed by atoms with E-state index in [0.717, 1.165) is 5.56 Å². The molecule has 0 heterocycles. The first-order valence-corrected chi connectivity index (χ1v) is 10.1. The minimum absolute atomic E-state index is 0.0733. The number of ether oxygens (including phenoxy) is 1. The van der Waals surface area contributed by atoms with Gasteiger partial charge in [-0.3, -0.25) is 4.79 Å². The zero-order chi connectivity index (χ0) is 22.1. The Morgan fingerprint density at radius 3 is 2.50 bits per heavy atom. The number of benzene rings is 2. The number of hydrogen-bond acceptors (Lipinski definition) is 4. The second kappa shape index (κ2) is 11.9. The van der Waals surface area contributed by atoms with Crippen LogP contribution in [-0.2, 0) is 16.0 Å². The fraction of sp³-hybridized carbons (Fsp3) is 0.409. The van der Waals surface area contributed by atoms with Gasteiger partial charge >= 0.3 is 5.97 Å². The molecule has 0 aliphatic carbocycles. The first-order chi connectivity index (χ1) is 14.3. The molecular weight excluding hydrogens is 417 g/mol. The standard InChI is InChI=1S/C22H26ClF3N2O2/c1-2-30-22(29)16(12-28-13-21(25)26)10-18(27)9-14-3-5-15(6-4-14)19-11-17(23)7-8-20(19)24/h3-8,11,16,18,21,28H,2,9-10,12-13,27H2,1H3/t16-,18+/m0/s1.